The number of anilines is 2. The standard InChI is InChI=1S/C14H16N4O4S2/c1-23(19,20)17-13-9-5-3-7-11(13)15-16-12-8-4-6-10-14(12)18-24(2,21)22/h3-10,17-18H,1-2H3. The Balaban J connectivity index is 2.36. The molecular weight excluding hydrogens is 352 g/mol. The van der Waals surface area contributed by atoms with E-state index in [0.29, 0.717) is 11.4 Å². The Morgan fingerprint density at radius 1 is 0.667 bits per heavy atom. The van der Waals surface area contributed by atoms with Crippen LogP contribution in [-0.4, -0.2) is 29.3 Å². The second-order valence-corrected chi connectivity index (χ2v) is 8.48. The van der Waals surface area contributed by atoms with Gasteiger partial charge in [0.15, 0.2) is 0 Å². The van der Waals surface area contributed by atoms with E-state index < -0.39 is 20.0 Å². The van der Waals surface area contributed by atoms with Crippen LogP contribution in [0.15, 0.2) is 58.8 Å². The third-order valence-electron chi connectivity index (χ3n) is 2.66. The summed E-state index contributed by atoms with van der Waals surface area (Å²) in [7, 11) is -6.92. The predicted octanol–water partition coefficient (Wildman–Crippen LogP) is 2.84. The average Bonchev–Trinajstić information content (AvgIpc) is 2.44. The van der Waals surface area contributed by atoms with Gasteiger partial charge in [0.25, 0.3) is 0 Å². The van der Waals surface area contributed by atoms with Crippen molar-refractivity contribution in [2.24, 2.45) is 10.2 Å². The Kier molecular flexibility index (Phi) is 5.20. The monoisotopic (exact) mass is 368 g/mol. The van der Waals surface area contributed by atoms with E-state index in [0.717, 1.165) is 12.5 Å². The van der Waals surface area contributed by atoms with Gasteiger partial charge in [-0.2, -0.15) is 0 Å². The molecule has 2 N–H and O–H groups in total. The van der Waals surface area contributed by atoms with Crippen LogP contribution in [0.4, 0.5) is 22.7 Å². The van der Waals surface area contributed by atoms with Gasteiger partial charge in [0.2, 0.25) is 20.0 Å². The molecule has 24 heavy (non-hydrogen) atoms. The molecule has 2 aromatic carbocycles. The zero-order valence-electron chi connectivity index (χ0n) is 13.0. The molecular formula is C14H16N4O4S2. The Labute approximate surface area is 140 Å². The number of sulfonamides is 2. The number of hydrogen-bond donors (Lipinski definition) is 2. The average molecular weight is 368 g/mol. The fourth-order valence-corrected chi connectivity index (χ4v) is 2.95. The van der Waals surface area contributed by atoms with Crippen molar-refractivity contribution < 1.29 is 16.8 Å². The first-order valence-corrected chi connectivity index (χ1v) is 10.5. The number of rotatable bonds is 6. The molecule has 128 valence electrons. The SMILES string of the molecule is CS(=O)(=O)Nc1ccccc1N=Nc1ccccc1NS(C)(=O)=O. The van der Waals surface area contributed by atoms with Crippen LogP contribution in [0, 0.1) is 0 Å². The molecule has 0 amide bonds. The van der Waals surface area contributed by atoms with E-state index in [1.807, 2.05) is 0 Å². The molecule has 0 unspecified atom stereocenters. The summed E-state index contributed by atoms with van der Waals surface area (Å²) in [6.07, 6.45) is 2.07. The Morgan fingerprint density at radius 2 is 1.00 bits per heavy atom. The van der Waals surface area contributed by atoms with Crippen LogP contribution in [0.2, 0.25) is 0 Å². The van der Waals surface area contributed by atoms with Crippen molar-refractivity contribution in [3.63, 3.8) is 0 Å². The summed E-state index contributed by atoms with van der Waals surface area (Å²) in [5.41, 5.74) is 1.16. The van der Waals surface area contributed by atoms with E-state index in [1.54, 1.807) is 48.5 Å². The van der Waals surface area contributed by atoms with Crippen LogP contribution in [0.1, 0.15) is 0 Å². The number of azo groups is 1. The molecule has 0 bridgehead atoms. The number of nitrogens with zero attached hydrogens (tertiary/aromatic N) is 2. The van der Waals surface area contributed by atoms with E-state index in [-0.39, 0.29) is 11.4 Å². The normalized spacial score (nSPS) is 12.2. The van der Waals surface area contributed by atoms with Crippen LogP contribution in [-0.2, 0) is 20.0 Å². The zero-order valence-corrected chi connectivity index (χ0v) is 14.6. The lowest BCUT2D eigenvalue weighted by Gasteiger charge is -2.07. The number of benzene rings is 2. The van der Waals surface area contributed by atoms with Crippen LogP contribution >= 0.6 is 0 Å². The highest BCUT2D eigenvalue weighted by molar-refractivity contribution is 7.92. The van der Waals surface area contributed by atoms with Gasteiger partial charge in [0.1, 0.15) is 11.4 Å². The summed E-state index contributed by atoms with van der Waals surface area (Å²) in [6, 6.07) is 13.0. The second-order valence-electron chi connectivity index (χ2n) is 4.98. The summed E-state index contributed by atoms with van der Waals surface area (Å²) in [5.74, 6) is 0. The van der Waals surface area contributed by atoms with Crippen LogP contribution in [0.5, 0.6) is 0 Å². The molecule has 0 aliphatic rings. The van der Waals surface area contributed by atoms with Gasteiger partial charge in [-0.25, -0.2) is 16.8 Å². The molecule has 0 heterocycles. The Morgan fingerprint density at radius 3 is 1.33 bits per heavy atom. The molecule has 0 spiro atoms. The van der Waals surface area contributed by atoms with Crippen LogP contribution in [0.25, 0.3) is 0 Å². The van der Waals surface area contributed by atoms with Gasteiger partial charge in [0.05, 0.1) is 23.9 Å². The molecule has 0 saturated heterocycles. The van der Waals surface area contributed by atoms with Crippen molar-refractivity contribution >= 4 is 42.8 Å². The Hall–Kier alpha value is -2.46. The first-order valence-electron chi connectivity index (χ1n) is 6.69. The van der Waals surface area contributed by atoms with Crippen molar-refractivity contribution in [3.05, 3.63) is 48.5 Å². The zero-order chi connectivity index (χ0) is 17.8. The van der Waals surface area contributed by atoms with Gasteiger partial charge in [-0.05, 0) is 24.3 Å². The van der Waals surface area contributed by atoms with Crippen molar-refractivity contribution in [2.75, 3.05) is 22.0 Å². The van der Waals surface area contributed by atoms with Gasteiger partial charge in [-0.3, -0.25) is 9.44 Å². The second kappa shape index (κ2) is 6.97. The first kappa shape index (κ1) is 17.9. The van der Waals surface area contributed by atoms with Gasteiger partial charge in [0, 0.05) is 0 Å². The minimum atomic E-state index is -3.46. The maximum atomic E-state index is 11.4. The lowest BCUT2D eigenvalue weighted by molar-refractivity contribution is 0.605. The third kappa shape index (κ3) is 5.63. The highest BCUT2D eigenvalue weighted by Crippen LogP contribution is 2.30. The predicted molar refractivity (Wildman–Crippen MR) is 94.0 cm³/mol. The van der Waals surface area contributed by atoms with Gasteiger partial charge in [-0.15, -0.1) is 10.2 Å². The summed E-state index contributed by atoms with van der Waals surface area (Å²) in [4.78, 5) is 0. The topological polar surface area (TPSA) is 117 Å². The maximum absolute atomic E-state index is 11.4. The molecule has 8 nitrogen and oxygen atoms in total. The highest BCUT2D eigenvalue weighted by Gasteiger charge is 2.08. The van der Waals surface area contributed by atoms with E-state index in [4.69, 9.17) is 0 Å². The van der Waals surface area contributed by atoms with E-state index in [9.17, 15) is 16.8 Å². The van der Waals surface area contributed by atoms with Gasteiger partial charge < -0.3 is 0 Å². The Bertz CT molecular complexity index is 890. The minimum absolute atomic E-state index is 0.275. The molecule has 10 heteroatoms. The largest absolute Gasteiger partial charge is 0.282 e. The van der Waals surface area contributed by atoms with Crippen LogP contribution in [0.3, 0.4) is 0 Å². The van der Waals surface area contributed by atoms with Gasteiger partial charge >= 0.3 is 0 Å². The smallest absolute Gasteiger partial charge is 0.229 e. The molecule has 2 rings (SSSR count). The molecule has 0 aliphatic heterocycles. The molecule has 0 atom stereocenters. The van der Waals surface area contributed by atoms with E-state index in [1.165, 1.54) is 0 Å². The minimum Gasteiger partial charge on any atom is -0.282 e. The van der Waals surface area contributed by atoms with Crippen molar-refractivity contribution in [2.45, 2.75) is 0 Å². The molecule has 2 aromatic rings. The molecule has 0 radical (unpaired) electrons. The summed E-state index contributed by atoms with van der Waals surface area (Å²) in [6.45, 7) is 0. The van der Waals surface area contributed by atoms with E-state index >= 15 is 0 Å². The molecule has 0 aromatic heterocycles. The lowest BCUT2D eigenvalue weighted by atomic mass is 10.3. The fourth-order valence-electron chi connectivity index (χ4n) is 1.80. The fraction of sp³-hybridized carbons (Fsp3) is 0.143. The molecule has 0 fully saturated rings. The van der Waals surface area contributed by atoms with Crippen LogP contribution < -0.4 is 9.44 Å². The van der Waals surface area contributed by atoms with Crippen molar-refractivity contribution in [3.8, 4) is 0 Å². The number of para-hydroxylation sites is 2. The summed E-state index contributed by atoms with van der Waals surface area (Å²) in [5, 5.41) is 8.03. The lowest BCUT2D eigenvalue weighted by Crippen LogP contribution is -2.09. The summed E-state index contributed by atoms with van der Waals surface area (Å²) >= 11 is 0. The van der Waals surface area contributed by atoms with E-state index in [2.05, 4.69) is 19.7 Å². The molecule has 0 saturated carbocycles. The first-order chi connectivity index (χ1) is 11.1. The van der Waals surface area contributed by atoms with Crippen molar-refractivity contribution in [1.82, 2.24) is 0 Å². The maximum Gasteiger partial charge on any atom is 0.229 e. The number of hydrogen-bond acceptors (Lipinski definition) is 6. The quantitative estimate of drug-likeness (QED) is 0.762. The molecule has 0 aliphatic carbocycles. The third-order valence-corrected chi connectivity index (χ3v) is 3.85. The van der Waals surface area contributed by atoms with Crippen molar-refractivity contribution in [1.29, 1.82) is 0 Å². The number of nitrogens with one attached hydrogen (secondary N) is 2. The summed E-state index contributed by atoms with van der Waals surface area (Å²) < 4.78 is 50.2. The highest BCUT2D eigenvalue weighted by atomic mass is 32.2. The van der Waals surface area contributed by atoms with Gasteiger partial charge in [-0.1, -0.05) is 24.3 Å².